The number of hydrogen-bond acceptors (Lipinski definition) is 3. The molecule has 2 aromatic rings. The Kier molecular flexibility index (Phi) is 2.91. The summed E-state index contributed by atoms with van der Waals surface area (Å²) in [6.45, 7) is 0. The summed E-state index contributed by atoms with van der Waals surface area (Å²) in [6.07, 6.45) is 3.64. The Morgan fingerprint density at radius 2 is 2.17 bits per heavy atom. The molecular formula is C12H12BrFN4. The zero-order chi connectivity index (χ0) is 12.7. The van der Waals surface area contributed by atoms with E-state index in [0.717, 1.165) is 23.0 Å². The molecule has 0 unspecified atom stereocenters. The minimum atomic E-state index is -0.319. The predicted molar refractivity (Wildman–Crippen MR) is 69.0 cm³/mol. The average Bonchev–Trinajstić information content (AvgIpc) is 2.77. The highest BCUT2D eigenvalue weighted by molar-refractivity contribution is 9.10. The molecule has 1 aromatic heterocycles. The van der Waals surface area contributed by atoms with E-state index >= 15 is 0 Å². The largest absolute Gasteiger partial charge is 0.328 e. The zero-order valence-corrected chi connectivity index (χ0v) is 11.1. The third-order valence-corrected chi connectivity index (χ3v) is 3.75. The Bertz CT molecular complexity index is 577. The van der Waals surface area contributed by atoms with Crippen molar-refractivity contribution < 1.29 is 4.39 Å². The molecule has 1 aliphatic carbocycles. The van der Waals surface area contributed by atoms with Crippen LogP contribution in [0.1, 0.15) is 24.5 Å². The summed E-state index contributed by atoms with van der Waals surface area (Å²) in [5, 5.41) is 8.08. The van der Waals surface area contributed by atoms with Gasteiger partial charge in [0, 0.05) is 16.4 Å². The van der Waals surface area contributed by atoms with E-state index < -0.39 is 0 Å². The quantitative estimate of drug-likeness (QED) is 0.926. The summed E-state index contributed by atoms with van der Waals surface area (Å²) in [7, 11) is 0. The van der Waals surface area contributed by atoms with Gasteiger partial charge in [-0.05, 0) is 31.0 Å². The van der Waals surface area contributed by atoms with Crippen molar-refractivity contribution in [3.8, 4) is 5.69 Å². The fraction of sp³-hybridized carbons (Fsp3) is 0.333. The molecule has 0 saturated heterocycles. The van der Waals surface area contributed by atoms with E-state index in [1.165, 1.54) is 10.7 Å². The maximum absolute atomic E-state index is 13.7. The summed E-state index contributed by atoms with van der Waals surface area (Å²) < 4.78 is 16.0. The van der Waals surface area contributed by atoms with Gasteiger partial charge in [0.05, 0.1) is 11.9 Å². The van der Waals surface area contributed by atoms with E-state index in [1.54, 1.807) is 18.3 Å². The van der Waals surface area contributed by atoms with Crippen LogP contribution in [0.15, 0.2) is 28.9 Å². The first-order chi connectivity index (χ1) is 8.63. The highest BCUT2D eigenvalue weighted by atomic mass is 79.9. The SMILES string of the molecule is NC1CC(c2cn(-c3cc(Br)ccc3F)nn2)C1. The van der Waals surface area contributed by atoms with Gasteiger partial charge in [-0.25, -0.2) is 9.07 Å². The van der Waals surface area contributed by atoms with E-state index in [2.05, 4.69) is 26.2 Å². The van der Waals surface area contributed by atoms with Gasteiger partial charge in [-0.1, -0.05) is 21.1 Å². The third-order valence-electron chi connectivity index (χ3n) is 3.26. The Balaban J connectivity index is 1.90. The van der Waals surface area contributed by atoms with Gasteiger partial charge in [0.1, 0.15) is 11.5 Å². The number of halogens is 2. The molecule has 4 nitrogen and oxygen atoms in total. The van der Waals surface area contributed by atoms with Gasteiger partial charge < -0.3 is 5.73 Å². The van der Waals surface area contributed by atoms with Crippen molar-refractivity contribution in [1.29, 1.82) is 0 Å². The molecule has 94 valence electrons. The Morgan fingerprint density at radius 1 is 1.39 bits per heavy atom. The second-order valence-electron chi connectivity index (χ2n) is 4.61. The minimum Gasteiger partial charge on any atom is -0.328 e. The molecule has 0 radical (unpaired) electrons. The van der Waals surface area contributed by atoms with Crippen LogP contribution in [0.3, 0.4) is 0 Å². The van der Waals surface area contributed by atoms with Gasteiger partial charge >= 0.3 is 0 Å². The lowest BCUT2D eigenvalue weighted by Crippen LogP contribution is -2.34. The first kappa shape index (κ1) is 11.8. The van der Waals surface area contributed by atoms with E-state index in [4.69, 9.17) is 5.73 Å². The second kappa shape index (κ2) is 4.44. The molecule has 0 aliphatic heterocycles. The molecule has 1 heterocycles. The van der Waals surface area contributed by atoms with Crippen LogP contribution in [0, 0.1) is 5.82 Å². The standard InChI is InChI=1S/C12H12BrFN4/c13-8-1-2-10(14)12(5-8)18-6-11(16-17-18)7-3-9(15)4-7/h1-2,5-7,9H,3-4,15H2. The van der Waals surface area contributed by atoms with Crippen LogP contribution in [0.2, 0.25) is 0 Å². The molecule has 18 heavy (non-hydrogen) atoms. The molecule has 0 bridgehead atoms. The summed E-state index contributed by atoms with van der Waals surface area (Å²) in [4.78, 5) is 0. The zero-order valence-electron chi connectivity index (χ0n) is 9.55. The number of hydrogen-bond donors (Lipinski definition) is 1. The fourth-order valence-corrected chi connectivity index (χ4v) is 2.50. The maximum atomic E-state index is 13.7. The van der Waals surface area contributed by atoms with Crippen LogP contribution in [0.5, 0.6) is 0 Å². The summed E-state index contributed by atoms with van der Waals surface area (Å²) >= 11 is 3.32. The molecule has 1 aliphatic rings. The third kappa shape index (κ3) is 2.06. The van der Waals surface area contributed by atoms with Gasteiger partial charge in [-0.3, -0.25) is 0 Å². The molecule has 0 amide bonds. The van der Waals surface area contributed by atoms with Crippen LogP contribution in [0.4, 0.5) is 4.39 Å². The van der Waals surface area contributed by atoms with Crippen LogP contribution < -0.4 is 5.73 Å². The van der Waals surface area contributed by atoms with Crippen molar-refractivity contribution in [2.45, 2.75) is 24.8 Å². The van der Waals surface area contributed by atoms with E-state index in [1.807, 2.05) is 0 Å². The van der Waals surface area contributed by atoms with E-state index in [9.17, 15) is 4.39 Å². The molecule has 0 atom stereocenters. The van der Waals surface area contributed by atoms with Gasteiger partial charge in [-0.15, -0.1) is 5.10 Å². The lowest BCUT2D eigenvalue weighted by molar-refractivity contribution is 0.345. The van der Waals surface area contributed by atoms with Gasteiger partial charge in [0.15, 0.2) is 0 Å². The topological polar surface area (TPSA) is 56.7 Å². The van der Waals surface area contributed by atoms with Gasteiger partial charge in [-0.2, -0.15) is 0 Å². The normalized spacial score (nSPS) is 22.8. The maximum Gasteiger partial charge on any atom is 0.148 e. The number of benzene rings is 1. The van der Waals surface area contributed by atoms with Crippen molar-refractivity contribution in [1.82, 2.24) is 15.0 Å². The predicted octanol–water partition coefficient (Wildman–Crippen LogP) is 2.37. The van der Waals surface area contributed by atoms with Crippen molar-refractivity contribution in [3.63, 3.8) is 0 Å². The van der Waals surface area contributed by atoms with Crippen LogP contribution in [-0.2, 0) is 0 Å². The van der Waals surface area contributed by atoms with Gasteiger partial charge in [0.25, 0.3) is 0 Å². The molecule has 0 spiro atoms. The minimum absolute atomic E-state index is 0.266. The molecule has 1 aromatic carbocycles. The lowest BCUT2D eigenvalue weighted by Gasteiger charge is -2.30. The molecule has 6 heteroatoms. The monoisotopic (exact) mass is 310 g/mol. The van der Waals surface area contributed by atoms with Crippen molar-refractivity contribution in [3.05, 3.63) is 40.4 Å². The molecule has 1 fully saturated rings. The summed E-state index contributed by atoms with van der Waals surface area (Å²) in [5.41, 5.74) is 7.03. The van der Waals surface area contributed by atoms with Crippen molar-refractivity contribution >= 4 is 15.9 Å². The number of rotatable bonds is 2. The number of aromatic nitrogens is 3. The van der Waals surface area contributed by atoms with Crippen LogP contribution in [0.25, 0.3) is 5.69 Å². The average molecular weight is 311 g/mol. The first-order valence-electron chi connectivity index (χ1n) is 5.77. The number of nitrogens with two attached hydrogens (primary N) is 1. The smallest absolute Gasteiger partial charge is 0.148 e. The Morgan fingerprint density at radius 3 is 2.89 bits per heavy atom. The van der Waals surface area contributed by atoms with Gasteiger partial charge in [0.2, 0.25) is 0 Å². The molecular weight excluding hydrogens is 299 g/mol. The Labute approximate surface area is 112 Å². The molecule has 1 saturated carbocycles. The van der Waals surface area contributed by atoms with Crippen LogP contribution >= 0.6 is 15.9 Å². The Hall–Kier alpha value is -1.27. The van der Waals surface area contributed by atoms with Crippen molar-refractivity contribution in [2.75, 3.05) is 0 Å². The summed E-state index contributed by atoms with van der Waals surface area (Å²) in [6, 6.07) is 5.00. The van der Waals surface area contributed by atoms with E-state index in [-0.39, 0.29) is 11.9 Å². The molecule has 3 rings (SSSR count). The number of nitrogens with zero attached hydrogens (tertiary/aromatic N) is 3. The van der Waals surface area contributed by atoms with Crippen LogP contribution in [-0.4, -0.2) is 21.0 Å². The lowest BCUT2D eigenvalue weighted by atomic mass is 9.79. The highest BCUT2D eigenvalue weighted by Gasteiger charge is 2.29. The molecule has 2 N–H and O–H groups in total. The first-order valence-corrected chi connectivity index (χ1v) is 6.56. The fourth-order valence-electron chi connectivity index (χ4n) is 2.15. The second-order valence-corrected chi connectivity index (χ2v) is 5.53. The van der Waals surface area contributed by atoms with E-state index in [0.29, 0.717) is 11.6 Å². The summed E-state index contributed by atoms with van der Waals surface area (Å²) in [5.74, 6) is 0.0453. The van der Waals surface area contributed by atoms with Crippen molar-refractivity contribution in [2.24, 2.45) is 5.73 Å². The highest BCUT2D eigenvalue weighted by Crippen LogP contribution is 2.34.